The summed E-state index contributed by atoms with van der Waals surface area (Å²) < 4.78 is 0. The average molecular weight is 535 g/mol. The Labute approximate surface area is 220 Å². The highest BCUT2D eigenvalue weighted by atomic mass is 35.5. The van der Waals surface area contributed by atoms with Gasteiger partial charge in [-0.15, -0.1) is 11.3 Å². The third kappa shape index (κ3) is 3.70. The largest absolute Gasteiger partial charge is 0.273 e. The number of benzene rings is 2. The van der Waals surface area contributed by atoms with E-state index in [1.807, 2.05) is 0 Å². The van der Waals surface area contributed by atoms with E-state index in [1.165, 1.54) is 28.5 Å². The number of anilines is 2. The third-order valence-electron chi connectivity index (χ3n) is 7.09. The summed E-state index contributed by atoms with van der Waals surface area (Å²) in [5, 5.41) is 23.7. The number of halogens is 1. The fourth-order valence-electron chi connectivity index (χ4n) is 5.41. The van der Waals surface area contributed by atoms with Crippen LogP contribution < -0.4 is 9.96 Å². The molecular formula is C26H19ClN4O5S. The number of thiophene rings is 1. The van der Waals surface area contributed by atoms with Crippen LogP contribution in [0.2, 0.25) is 5.02 Å². The molecule has 0 saturated carbocycles. The van der Waals surface area contributed by atoms with Gasteiger partial charge in [0.1, 0.15) is 17.0 Å². The molecule has 2 amide bonds. The SMILES string of the molecule is N#Cc1c(N2C(=O)[C@H]3[C@H](ON(c4ccc(Cl)cc4)[C@H]3c3cccc([N+](=O)[O-])c3)C2=O)sc2c1CCCC2. The number of hydrogen-bond donors (Lipinski definition) is 0. The van der Waals surface area contributed by atoms with Gasteiger partial charge in [-0.05, 0) is 61.1 Å². The molecule has 0 unspecified atom stereocenters. The van der Waals surface area contributed by atoms with Crippen LogP contribution in [0.25, 0.3) is 0 Å². The van der Waals surface area contributed by atoms with E-state index in [0.29, 0.717) is 26.8 Å². The first-order chi connectivity index (χ1) is 17.9. The maximum absolute atomic E-state index is 14.0. The topological polar surface area (TPSA) is 117 Å². The molecule has 2 aliphatic heterocycles. The predicted octanol–water partition coefficient (Wildman–Crippen LogP) is 5.11. The second-order valence-electron chi connectivity index (χ2n) is 9.17. The van der Waals surface area contributed by atoms with Crippen molar-refractivity contribution in [1.29, 1.82) is 5.26 Å². The first kappa shape index (κ1) is 23.6. The molecule has 3 heterocycles. The molecule has 2 aromatic carbocycles. The van der Waals surface area contributed by atoms with E-state index >= 15 is 0 Å². The molecule has 3 aromatic rings. The van der Waals surface area contributed by atoms with Crippen LogP contribution in [0, 0.1) is 27.4 Å². The number of amides is 2. The van der Waals surface area contributed by atoms with Gasteiger partial charge in [0.2, 0.25) is 5.91 Å². The lowest BCUT2D eigenvalue weighted by molar-refractivity contribution is -0.384. The highest BCUT2D eigenvalue weighted by Crippen LogP contribution is 2.50. The molecule has 1 aromatic heterocycles. The number of imide groups is 1. The molecule has 0 spiro atoms. The standard InChI is InChI=1S/C26H19ClN4O5S/c27-15-8-10-16(11-9-15)30-22(14-4-3-5-17(12-14)31(34)35)21-23(36-30)25(33)29(24(21)32)26-19(13-28)18-6-1-2-7-20(18)37-26/h3-5,8-12,21-23H,1-2,6-7H2/t21-,22+,23+/m1/s1. The fourth-order valence-corrected chi connectivity index (χ4v) is 6.89. The lowest BCUT2D eigenvalue weighted by Gasteiger charge is -2.28. The molecule has 9 nitrogen and oxygen atoms in total. The van der Waals surface area contributed by atoms with Gasteiger partial charge in [-0.2, -0.15) is 5.26 Å². The minimum Gasteiger partial charge on any atom is -0.273 e. The van der Waals surface area contributed by atoms with Gasteiger partial charge in [-0.25, -0.2) is 9.96 Å². The number of carbonyl (C=O) groups is 2. The highest BCUT2D eigenvalue weighted by Gasteiger charge is 2.61. The normalized spacial score (nSPS) is 22.6. The van der Waals surface area contributed by atoms with Gasteiger partial charge in [0, 0.05) is 22.0 Å². The molecule has 2 saturated heterocycles. The van der Waals surface area contributed by atoms with Crippen LogP contribution in [-0.2, 0) is 27.3 Å². The van der Waals surface area contributed by atoms with Crippen molar-refractivity contribution in [3.05, 3.63) is 85.2 Å². The lowest BCUT2D eigenvalue weighted by Crippen LogP contribution is -2.37. The molecule has 0 bridgehead atoms. The molecule has 37 heavy (non-hydrogen) atoms. The molecule has 2 fully saturated rings. The summed E-state index contributed by atoms with van der Waals surface area (Å²) in [5.74, 6) is -1.99. The van der Waals surface area contributed by atoms with Crippen molar-refractivity contribution < 1.29 is 19.3 Å². The number of hydroxylamine groups is 1. The smallest absolute Gasteiger partial charge is 0.269 e. The molecule has 11 heteroatoms. The zero-order valence-corrected chi connectivity index (χ0v) is 20.9. The van der Waals surface area contributed by atoms with Crippen molar-refractivity contribution in [3.63, 3.8) is 0 Å². The molecule has 186 valence electrons. The molecule has 6 rings (SSSR count). The molecule has 1 aliphatic carbocycles. The van der Waals surface area contributed by atoms with Gasteiger partial charge in [-0.3, -0.25) is 24.5 Å². The van der Waals surface area contributed by atoms with Gasteiger partial charge in [0.15, 0.2) is 6.10 Å². The maximum atomic E-state index is 14.0. The van der Waals surface area contributed by atoms with Crippen molar-refractivity contribution in [2.75, 3.05) is 9.96 Å². The van der Waals surface area contributed by atoms with Crippen LogP contribution in [0.5, 0.6) is 0 Å². The Balaban J connectivity index is 1.45. The maximum Gasteiger partial charge on any atom is 0.269 e. The predicted molar refractivity (Wildman–Crippen MR) is 136 cm³/mol. The van der Waals surface area contributed by atoms with Gasteiger partial charge < -0.3 is 0 Å². The van der Waals surface area contributed by atoms with Crippen LogP contribution in [0.4, 0.5) is 16.4 Å². The Hall–Kier alpha value is -3.78. The Morgan fingerprint density at radius 3 is 2.59 bits per heavy atom. The summed E-state index contributed by atoms with van der Waals surface area (Å²) in [6.45, 7) is 0. The third-order valence-corrected chi connectivity index (χ3v) is 8.62. The van der Waals surface area contributed by atoms with Gasteiger partial charge in [0.25, 0.3) is 11.6 Å². The first-order valence-electron chi connectivity index (χ1n) is 11.8. The Bertz CT molecular complexity index is 1500. The summed E-state index contributed by atoms with van der Waals surface area (Å²) >= 11 is 7.37. The zero-order valence-electron chi connectivity index (χ0n) is 19.3. The van der Waals surface area contributed by atoms with E-state index in [1.54, 1.807) is 36.4 Å². The second kappa shape index (κ2) is 8.95. The quantitative estimate of drug-likeness (QED) is 0.259. The molecule has 0 radical (unpaired) electrons. The van der Waals surface area contributed by atoms with E-state index in [4.69, 9.17) is 16.4 Å². The van der Waals surface area contributed by atoms with E-state index in [2.05, 4.69) is 6.07 Å². The zero-order chi connectivity index (χ0) is 25.8. The summed E-state index contributed by atoms with van der Waals surface area (Å²) in [4.78, 5) is 46.9. The van der Waals surface area contributed by atoms with Crippen LogP contribution in [-0.4, -0.2) is 22.8 Å². The van der Waals surface area contributed by atoms with E-state index in [0.717, 1.165) is 41.0 Å². The highest BCUT2D eigenvalue weighted by molar-refractivity contribution is 7.17. The minimum atomic E-state index is -1.14. The van der Waals surface area contributed by atoms with Crippen LogP contribution in [0.1, 0.15) is 40.5 Å². The van der Waals surface area contributed by atoms with E-state index in [9.17, 15) is 25.0 Å². The van der Waals surface area contributed by atoms with Crippen LogP contribution >= 0.6 is 22.9 Å². The van der Waals surface area contributed by atoms with Crippen LogP contribution in [0.15, 0.2) is 48.5 Å². The number of non-ortho nitro benzene ring substituents is 1. The van der Waals surface area contributed by atoms with Crippen molar-refractivity contribution in [1.82, 2.24) is 0 Å². The number of fused-ring (bicyclic) bond motifs is 2. The van der Waals surface area contributed by atoms with E-state index < -0.39 is 34.8 Å². The Morgan fingerprint density at radius 2 is 1.86 bits per heavy atom. The summed E-state index contributed by atoms with van der Waals surface area (Å²) in [5.41, 5.74) is 2.17. The second-order valence-corrected chi connectivity index (χ2v) is 10.7. The van der Waals surface area contributed by atoms with E-state index in [-0.39, 0.29) is 5.69 Å². The number of aryl methyl sites for hydroxylation is 1. The van der Waals surface area contributed by atoms with Crippen molar-refractivity contribution in [3.8, 4) is 6.07 Å². The number of carbonyl (C=O) groups excluding carboxylic acids is 2. The first-order valence-corrected chi connectivity index (χ1v) is 13.0. The monoisotopic (exact) mass is 534 g/mol. The van der Waals surface area contributed by atoms with Crippen LogP contribution in [0.3, 0.4) is 0 Å². The number of hydrogen-bond acceptors (Lipinski definition) is 8. The average Bonchev–Trinajstić information content (AvgIpc) is 3.54. The number of nitriles is 1. The van der Waals surface area contributed by atoms with Crippen molar-refractivity contribution in [2.45, 2.75) is 37.8 Å². The van der Waals surface area contributed by atoms with Gasteiger partial charge in [0.05, 0.1) is 22.2 Å². The fraction of sp³-hybridized carbons (Fsp3) is 0.269. The molecule has 0 N–H and O–H groups in total. The molecule has 3 aliphatic rings. The molecule has 3 atom stereocenters. The molecular weight excluding hydrogens is 516 g/mol. The number of nitro benzene ring substituents is 1. The number of rotatable bonds is 4. The summed E-state index contributed by atoms with van der Waals surface area (Å²) in [6, 6.07) is 14.1. The Kier molecular flexibility index (Phi) is 5.71. The lowest BCUT2D eigenvalue weighted by atomic mass is 9.90. The minimum absolute atomic E-state index is 0.136. The number of nitrogens with zero attached hydrogens (tertiary/aromatic N) is 4. The van der Waals surface area contributed by atoms with Crippen molar-refractivity contribution in [2.24, 2.45) is 5.92 Å². The van der Waals surface area contributed by atoms with Gasteiger partial charge >= 0.3 is 0 Å². The van der Waals surface area contributed by atoms with Crippen molar-refractivity contribution >= 4 is 51.1 Å². The summed E-state index contributed by atoms with van der Waals surface area (Å²) in [6.07, 6.45) is 2.38. The van der Waals surface area contributed by atoms with Gasteiger partial charge in [-0.1, -0.05) is 23.7 Å². The Morgan fingerprint density at radius 1 is 1.11 bits per heavy atom. The summed E-state index contributed by atoms with van der Waals surface area (Å²) in [7, 11) is 0. The number of nitro groups is 1.